The van der Waals surface area contributed by atoms with Gasteiger partial charge in [-0.1, -0.05) is 18.2 Å². The van der Waals surface area contributed by atoms with Crippen LogP contribution in [0.2, 0.25) is 0 Å². The highest BCUT2D eigenvalue weighted by atomic mass is 35.5. The summed E-state index contributed by atoms with van der Waals surface area (Å²) in [7, 11) is -3.60. The molecule has 0 saturated carbocycles. The predicted molar refractivity (Wildman–Crippen MR) is 99.6 cm³/mol. The Hall–Kier alpha value is -1.64. The summed E-state index contributed by atoms with van der Waals surface area (Å²) in [6.07, 6.45) is 1.47. The largest absolute Gasteiger partial charge is 0.343 e. The van der Waals surface area contributed by atoms with Gasteiger partial charge in [0.1, 0.15) is 6.04 Å². The van der Waals surface area contributed by atoms with Gasteiger partial charge in [0.2, 0.25) is 11.8 Å². The molecule has 0 spiro atoms. The molecule has 140 valence electrons. The van der Waals surface area contributed by atoms with Crippen LogP contribution in [0.15, 0.2) is 30.3 Å². The summed E-state index contributed by atoms with van der Waals surface area (Å²) in [6.45, 7) is 2.43. The van der Waals surface area contributed by atoms with Crippen molar-refractivity contribution in [3.05, 3.63) is 30.3 Å². The van der Waals surface area contributed by atoms with Crippen LogP contribution in [0.25, 0.3) is 0 Å². The zero-order valence-corrected chi connectivity index (χ0v) is 15.9. The van der Waals surface area contributed by atoms with Gasteiger partial charge in [0.25, 0.3) is 0 Å². The predicted octanol–water partition coefficient (Wildman–Crippen LogP) is 0.718. The first kappa shape index (κ1) is 21.4. The van der Waals surface area contributed by atoms with E-state index in [0.717, 1.165) is 6.26 Å². The van der Waals surface area contributed by atoms with Crippen LogP contribution in [0.1, 0.15) is 19.8 Å². The molecule has 1 saturated heterocycles. The Bertz CT molecular complexity index is 703. The van der Waals surface area contributed by atoms with Gasteiger partial charge in [-0.15, -0.1) is 12.4 Å². The van der Waals surface area contributed by atoms with E-state index in [4.69, 9.17) is 0 Å². The van der Waals surface area contributed by atoms with Crippen LogP contribution in [0, 0.1) is 0 Å². The summed E-state index contributed by atoms with van der Waals surface area (Å²) < 4.78 is 22.9. The number of sulfone groups is 1. The monoisotopic (exact) mass is 389 g/mol. The lowest BCUT2D eigenvalue weighted by Gasteiger charge is -2.35. The fourth-order valence-electron chi connectivity index (χ4n) is 2.76. The number of hydrogen-bond acceptors (Lipinski definition) is 5. The highest BCUT2D eigenvalue weighted by molar-refractivity contribution is 7.92. The normalized spacial score (nSPS) is 17.7. The molecule has 9 heteroatoms. The molecule has 0 aliphatic carbocycles. The standard InChI is InChI=1S/C16H23N3O4S.ClH/c1-12(14(20)19-13-6-4-3-5-7-13)18-15(21)16(24(2,22)23)8-10-17-11-9-16;/h3-7,12,17H,8-11H2,1-2H3,(H,18,21)(H,19,20);1H. The molecule has 0 radical (unpaired) electrons. The maximum atomic E-state index is 12.6. The Morgan fingerprint density at radius 2 is 1.72 bits per heavy atom. The Kier molecular flexibility index (Phi) is 7.40. The van der Waals surface area contributed by atoms with Gasteiger partial charge in [-0.05, 0) is 45.0 Å². The van der Waals surface area contributed by atoms with Crippen LogP contribution in [0.3, 0.4) is 0 Å². The second kappa shape index (κ2) is 8.64. The van der Waals surface area contributed by atoms with Crippen LogP contribution < -0.4 is 16.0 Å². The number of carbonyl (C=O) groups is 2. The van der Waals surface area contributed by atoms with Crippen molar-refractivity contribution < 1.29 is 18.0 Å². The number of benzene rings is 1. The number of rotatable bonds is 5. The quantitative estimate of drug-likeness (QED) is 0.688. The van der Waals surface area contributed by atoms with E-state index in [1.54, 1.807) is 24.3 Å². The van der Waals surface area contributed by atoms with Gasteiger partial charge in [0, 0.05) is 11.9 Å². The number of amides is 2. The van der Waals surface area contributed by atoms with Gasteiger partial charge in [-0.25, -0.2) is 8.42 Å². The lowest BCUT2D eigenvalue weighted by Crippen LogP contribution is -2.59. The summed E-state index contributed by atoms with van der Waals surface area (Å²) in [6, 6.07) is 8.02. The highest BCUT2D eigenvalue weighted by Crippen LogP contribution is 2.28. The number of anilines is 1. The molecule has 1 atom stereocenters. The van der Waals surface area contributed by atoms with Gasteiger partial charge in [0.05, 0.1) is 0 Å². The van der Waals surface area contributed by atoms with E-state index in [1.807, 2.05) is 6.07 Å². The third kappa shape index (κ3) is 4.93. The van der Waals surface area contributed by atoms with E-state index in [0.29, 0.717) is 18.8 Å². The molecule has 25 heavy (non-hydrogen) atoms. The average Bonchev–Trinajstić information content (AvgIpc) is 2.55. The number of piperidine rings is 1. The van der Waals surface area contributed by atoms with Crippen molar-refractivity contribution >= 4 is 39.7 Å². The third-order valence-electron chi connectivity index (χ3n) is 4.32. The van der Waals surface area contributed by atoms with E-state index in [1.165, 1.54) is 6.92 Å². The molecule has 1 heterocycles. The van der Waals surface area contributed by atoms with E-state index >= 15 is 0 Å². The first-order valence-electron chi connectivity index (χ1n) is 7.83. The Morgan fingerprint density at radius 1 is 1.16 bits per heavy atom. The lowest BCUT2D eigenvalue weighted by molar-refractivity contribution is -0.128. The summed E-state index contributed by atoms with van der Waals surface area (Å²) in [5, 5.41) is 8.30. The summed E-state index contributed by atoms with van der Waals surface area (Å²) in [4.78, 5) is 24.8. The SMILES string of the molecule is CC(NC(=O)C1(S(C)(=O)=O)CCNCC1)C(=O)Nc1ccccc1.Cl. The molecule has 2 amide bonds. The third-order valence-corrected chi connectivity index (χ3v) is 6.33. The van der Waals surface area contributed by atoms with Gasteiger partial charge >= 0.3 is 0 Å². The molecular formula is C16H24ClN3O4S. The summed E-state index contributed by atoms with van der Waals surface area (Å²) in [5.74, 6) is -1.01. The Labute approximate surface area is 154 Å². The second-order valence-corrected chi connectivity index (χ2v) is 8.39. The first-order chi connectivity index (χ1) is 11.3. The minimum absolute atomic E-state index is 0. The smallest absolute Gasteiger partial charge is 0.246 e. The molecule has 1 aromatic rings. The van der Waals surface area contributed by atoms with E-state index < -0.39 is 32.4 Å². The van der Waals surface area contributed by atoms with Crippen LogP contribution in [-0.4, -0.2) is 50.4 Å². The van der Waals surface area contributed by atoms with Crippen molar-refractivity contribution in [1.82, 2.24) is 10.6 Å². The molecule has 1 unspecified atom stereocenters. The summed E-state index contributed by atoms with van der Waals surface area (Å²) >= 11 is 0. The second-order valence-electron chi connectivity index (χ2n) is 6.07. The molecule has 7 nitrogen and oxygen atoms in total. The number of halogens is 1. The fourth-order valence-corrected chi connectivity index (χ4v) is 4.10. The maximum Gasteiger partial charge on any atom is 0.246 e. The van der Waals surface area contributed by atoms with Gasteiger partial charge in [-0.3, -0.25) is 9.59 Å². The fraction of sp³-hybridized carbons (Fsp3) is 0.500. The maximum absolute atomic E-state index is 12.6. The topological polar surface area (TPSA) is 104 Å². The number of nitrogens with one attached hydrogen (secondary N) is 3. The average molecular weight is 390 g/mol. The van der Waals surface area contributed by atoms with Crippen molar-refractivity contribution in [3.63, 3.8) is 0 Å². The highest BCUT2D eigenvalue weighted by Gasteiger charge is 2.49. The van der Waals surface area contributed by atoms with Gasteiger partial charge in [0.15, 0.2) is 14.6 Å². The van der Waals surface area contributed by atoms with Crippen LogP contribution in [0.4, 0.5) is 5.69 Å². The van der Waals surface area contributed by atoms with Crippen molar-refractivity contribution in [3.8, 4) is 0 Å². The zero-order valence-electron chi connectivity index (χ0n) is 14.2. The zero-order chi connectivity index (χ0) is 17.8. The van der Waals surface area contributed by atoms with Gasteiger partial charge in [-0.2, -0.15) is 0 Å². The molecule has 0 bridgehead atoms. The molecule has 1 aliphatic rings. The van der Waals surface area contributed by atoms with Crippen molar-refractivity contribution in [2.45, 2.75) is 30.6 Å². The molecular weight excluding hydrogens is 366 g/mol. The van der Waals surface area contributed by atoms with Crippen LogP contribution >= 0.6 is 12.4 Å². The van der Waals surface area contributed by atoms with Crippen molar-refractivity contribution in [1.29, 1.82) is 0 Å². The van der Waals surface area contributed by atoms with Crippen LogP contribution in [0.5, 0.6) is 0 Å². The van der Waals surface area contributed by atoms with E-state index in [9.17, 15) is 18.0 Å². The molecule has 1 fully saturated rings. The number of carbonyl (C=O) groups excluding carboxylic acids is 2. The van der Waals surface area contributed by atoms with Crippen molar-refractivity contribution in [2.75, 3.05) is 24.7 Å². The van der Waals surface area contributed by atoms with Gasteiger partial charge < -0.3 is 16.0 Å². The minimum atomic E-state index is -3.60. The van der Waals surface area contributed by atoms with Crippen molar-refractivity contribution in [2.24, 2.45) is 0 Å². The number of hydrogen-bond donors (Lipinski definition) is 3. The Morgan fingerprint density at radius 3 is 2.24 bits per heavy atom. The molecule has 1 aromatic carbocycles. The molecule has 3 N–H and O–H groups in total. The van der Waals surface area contributed by atoms with Crippen LogP contribution in [-0.2, 0) is 19.4 Å². The summed E-state index contributed by atoms with van der Waals surface area (Å²) in [5.41, 5.74) is 0.614. The minimum Gasteiger partial charge on any atom is -0.343 e. The molecule has 1 aliphatic heterocycles. The molecule has 2 rings (SSSR count). The molecule has 0 aromatic heterocycles. The Balaban J connectivity index is 0.00000312. The first-order valence-corrected chi connectivity index (χ1v) is 9.72. The van der Waals surface area contributed by atoms with E-state index in [-0.39, 0.29) is 25.2 Å². The van der Waals surface area contributed by atoms with E-state index in [2.05, 4.69) is 16.0 Å². The lowest BCUT2D eigenvalue weighted by atomic mass is 9.95. The number of para-hydroxylation sites is 1.